The van der Waals surface area contributed by atoms with Gasteiger partial charge in [-0.1, -0.05) is 6.07 Å². The normalized spacial score (nSPS) is 15.2. The van der Waals surface area contributed by atoms with Gasteiger partial charge in [0.25, 0.3) is 0 Å². The van der Waals surface area contributed by atoms with E-state index >= 15 is 0 Å². The van der Waals surface area contributed by atoms with E-state index in [9.17, 15) is 0 Å². The molecule has 0 unspecified atom stereocenters. The molecule has 0 bridgehead atoms. The van der Waals surface area contributed by atoms with Crippen molar-refractivity contribution in [3.05, 3.63) is 24.0 Å². The van der Waals surface area contributed by atoms with Gasteiger partial charge in [-0.3, -0.25) is 4.98 Å². The van der Waals surface area contributed by atoms with Crippen LogP contribution in [0.25, 0.3) is 0 Å². The predicted octanol–water partition coefficient (Wildman–Crippen LogP) is -0.930. The van der Waals surface area contributed by atoms with E-state index in [0.29, 0.717) is 0 Å². The Morgan fingerprint density at radius 3 is 2.80 bits per heavy atom. The van der Waals surface area contributed by atoms with Gasteiger partial charge < -0.3 is 10.0 Å². The molecule has 1 rings (SSSR count). The number of nitrogens with zero attached hydrogens (tertiary/aromatic N) is 1. The Bertz CT molecular complexity index is 285. The zero-order valence-electron chi connectivity index (χ0n) is 8.15. The van der Waals surface area contributed by atoms with E-state index in [1.807, 2.05) is 0 Å². The molecule has 0 aliphatic rings. The van der Waals surface area contributed by atoms with Crippen LogP contribution in [0.4, 0.5) is 0 Å². The quantitative estimate of drug-likeness (QED) is 0.495. The van der Waals surface area contributed by atoms with Crippen LogP contribution < -0.4 is 5.46 Å². The summed E-state index contributed by atoms with van der Waals surface area (Å²) in [5, 5.41) is 17.4. The third-order valence-electron chi connectivity index (χ3n) is 1.08. The first kappa shape index (κ1) is 4.11. The van der Waals surface area contributed by atoms with Crippen LogP contribution in [0.3, 0.4) is 0 Å². The van der Waals surface area contributed by atoms with Crippen LogP contribution in [0.1, 0.15) is 9.81 Å². The summed E-state index contributed by atoms with van der Waals surface area (Å²) in [7, 11) is -1.61. The van der Waals surface area contributed by atoms with Crippen molar-refractivity contribution < 1.29 is 14.2 Å². The molecule has 0 radical (unpaired) electrons. The zero-order chi connectivity index (χ0) is 10.1. The minimum atomic E-state index is -2.25. The van der Waals surface area contributed by atoms with E-state index in [1.54, 1.807) is 0 Å². The Balaban J connectivity index is 2.94. The number of hydrogen-bond donors (Lipinski definition) is 2. The molecule has 0 aliphatic carbocycles. The van der Waals surface area contributed by atoms with Gasteiger partial charge in [-0.15, -0.1) is 0 Å². The van der Waals surface area contributed by atoms with Crippen molar-refractivity contribution >= 4 is 12.6 Å². The molecule has 0 saturated heterocycles. The van der Waals surface area contributed by atoms with Gasteiger partial charge >= 0.3 is 7.12 Å². The lowest BCUT2D eigenvalue weighted by molar-refractivity contribution is 0.425. The van der Waals surface area contributed by atoms with E-state index in [-0.39, 0.29) is 11.2 Å². The first-order valence-electron chi connectivity index (χ1n) is 4.24. The van der Waals surface area contributed by atoms with Gasteiger partial charge in [0.1, 0.15) is 0 Å². The lowest BCUT2D eigenvalue weighted by Crippen LogP contribution is -2.29. The number of rotatable bonds is 1. The smallest absolute Gasteiger partial charge is 0.423 e. The lowest BCUT2D eigenvalue weighted by Gasteiger charge is -1.96. The largest absolute Gasteiger partial charge is 0.490 e. The first-order chi connectivity index (χ1) is 5.91. The molecule has 1 aromatic heterocycles. The second kappa shape index (κ2) is 2.81. The van der Waals surface area contributed by atoms with Crippen LogP contribution in [-0.4, -0.2) is 22.2 Å². The second-order valence-corrected chi connectivity index (χ2v) is 1.85. The van der Waals surface area contributed by atoms with E-state index in [2.05, 4.69) is 4.98 Å². The Morgan fingerprint density at radius 1 is 1.60 bits per heavy atom. The average molecular weight is 140 g/mol. The molecule has 0 aromatic carbocycles. The summed E-state index contributed by atoms with van der Waals surface area (Å²) in [6.45, 7) is -2.25. The summed E-state index contributed by atoms with van der Waals surface area (Å²) in [4.78, 5) is 3.59. The third kappa shape index (κ3) is 1.56. The molecule has 2 N–H and O–H groups in total. The third-order valence-corrected chi connectivity index (χ3v) is 1.08. The number of aromatic nitrogens is 1. The summed E-state index contributed by atoms with van der Waals surface area (Å²) >= 11 is 0. The van der Waals surface area contributed by atoms with Crippen molar-refractivity contribution in [1.29, 1.82) is 0 Å². The monoisotopic (exact) mass is 140 g/mol. The first-order valence-corrected chi connectivity index (χ1v) is 2.74. The summed E-state index contributed by atoms with van der Waals surface area (Å²) in [6, 6.07) is 2.57. The molecule has 0 aliphatic heterocycles. The highest BCUT2D eigenvalue weighted by Gasteiger charge is 2.09. The van der Waals surface area contributed by atoms with E-state index in [4.69, 9.17) is 14.2 Å². The number of aryl methyl sites for hydroxylation is 1. The van der Waals surface area contributed by atoms with E-state index in [0.717, 1.165) is 6.20 Å². The van der Waals surface area contributed by atoms with Crippen LogP contribution in [0.15, 0.2) is 18.3 Å². The van der Waals surface area contributed by atoms with Gasteiger partial charge in [-0.2, -0.15) is 0 Å². The molecule has 0 saturated carbocycles. The van der Waals surface area contributed by atoms with Gasteiger partial charge in [0, 0.05) is 21.5 Å². The van der Waals surface area contributed by atoms with Crippen molar-refractivity contribution in [2.24, 2.45) is 0 Å². The van der Waals surface area contributed by atoms with Crippen LogP contribution in [-0.2, 0) is 0 Å². The molecule has 3 nitrogen and oxygen atoms in total. The van der Waals surface area contributed by atoms with Gasteiger partial charge in [0.05, 0.1) is 0 Å². The van der Waals surface area contributed by atoms with Crippen LogP contribution in [0, 0.1) is 6.85 Å². The fraction of sp³-hybridized carbons (Fsp3) is 0.167. The highest BCUT2D eigenvalue weighted by atomic mass is 16.4. The summed E-state index contributed by atoms with van der Waals surface area (Å²) in [6.07, 6.45) is 1.13. The molecule has 10 heavy (non-hydrogen) atoms. The Kier molecular flexibility index (Phi) is 1.15. The molecule has 52 valence electrons. The fourth-order valence-electron chi connectivity index (χ4n) is 0.558. The molecule has 0 amide bonds. The Labute approximate surface area is 63.7 Å². The molecule has 0 fully saturated rings. The van der Waals surface area contributed by atoms with Crippen molar-refractivity contribution in [1.82, 2.24) is 4.98 Å². The topological polar surface area (TPSA) is 53.4 Å². The maximum atomic E-state index is 8.69. The molecule has 0 spiro atoms. The predicted molar refractivity (Wildman–Crippen MR) is 38.8 cm³/mol. The maximum absolute atomic E-state index is 8.69. The van der Waals surface area contributed by atoms with Crippen molar-refractivity contribution in [2.75, 3.05) is 0 Å². The van der Waals surface area contributed by atoms with Gasteiger partial charge in [0.15, 0.2) is 0 Å². The lowest BCUT2D eigenvalue weighted by atomic mass is 9.82. The van der Waals surface area contributed by atoms with Gasteiger partial charge in [-0.25, -0.2) is 0 Å². The van der Waals surface area contributed by atoms with E-state index in [1.165, 1.54) is 12.1 Å². The van der Waals surface area contributed by atoms with Crippen LogP contribution >= 0.6 is 0 Å². The fourth-order valence-corrected chi connectivity index (χ4v) is 0.558. The Hall–Kier alpha value is -0.865. The second-order valence-electron chi connectivity index (χ2n) is 1.85. The van der Waals surface area contributed by atoms with E-state index < -0.39 is 14.0 Å². The molecular formula is C6H8BNO2. The molecule has 1 heterocycles. The van der Waals surface area contributed by atoms with Gasteiger partial charge in [0.2, 0.25) is 0 Å². The number of hydrogen-bond acceptors (Lipinski definition) is 3. The molecule has 1 aromatic rings. The van der Waals surface area contributed by atoms with Gasteiger partial charge in [-0.05, 0) is 12.9 Å². The van der Waals surface area contributed by atoms with Crippen molar-refractivity contribution in [3.8, 4) is 0 Å². The highest BCUT2D eigenvalue weighted by Crippen LogP contribution is 1.86. The molecular weight excluding hydrogens is 129 g/mol. The molecule has 4 heteroatoms. The van der Waals surface area contributed by atoms with Crippen LogP contribution in [0.5, 0.6) is 0 Å². The SMILES string of the molecule is [2H]C([2H])([2H])c1ccc(B(O)O)cn1. The van der Waals surface area contributed by atoms with Crippen LogP contribution in [0.2, 0.25) is 0 Å². The van der Waals surface area contributed by atoms with Crippen molar-refractivity contribution in [3.63, 3.8) is 0 Å². The van der Waals surface area contributed by atoms with Crippen molar-refractivity contribution in [2.45, 2.75) is 6.85 Å². The minimum absolute atomic E-state index is 0.0584. The average Bonchev–Trinajstić information content (AvgIpc) is 2.03. The highest BCUT2D eigenvalue weighted by molar-refractivity contribution is 6.58. The standard InChI is InChI=1S/C6H8BNO2/c1-5-2-3-6(4-8-5)7(9)10/h2-4,9-10H,1H3/i1D3. The Morgan fingerprint density at radius 2 is 2.40 bits per heavy atom. The number of pyridine rings is 1. The summed E-state index contributed by atoms with van der Waals surface area (Å²) in [5.41, 5.74) is 0.116. The zero-order valence-corrected chi connectivity index (χ0v) is 5.15. The molecule has 0 atom stereocenters. The summed E-state index contributed by atoms with van der Waals surface area (Å²) < 4.78 is 21.0. The minimum Gasteiger partial charge on any atom is -0.423 e. The summed E-state index contributed by atoms with van der Waals surface area (Å²) in [5.74, 6) is 0. The maximum Gasteiger partial charge on any atom is 0.490 e.